The first kappa shape index (κ1) is 15.5. The van der Waals surface area contributed by atoms with Gasteiger partial charge in [0.15, 0.2) is 0 Å². The molecular formula is C14H12O8. The number of ether oxygens (including phenoxy) is 1. The lowest BCUT2D eigenvalue weighted by atomic mass is 10.1. The molecule has 0 fully saturated rings. The Morgan fingerprint density at radius 2 is 1.68 bits per heavy atom. The van der Waals surface area contributed by atoms with Gasteiger partial charge >= 0.3 is 23.9 Å². The van der Waals surface area contributed by atoms with Crippen molar-refractivity contribution in [1.29, 1.82) is 0 Å². The molecule has 0 atom stereocenters. The van der Waals surface area contributed by atoms with Crippen LogP contribution in [0.4, 0.5) is 0 Å². The molecule has 0 aliphatic carbocycles. The highest BCUT2D eigenvalue weighted by Crippen LogP contribution is 2.25. The van der Waals surface area contributed by atoms with Crippen LogP contribution in [0.5, 0.6) is 5.75 Å². The topological polar surface area (TPSA) is 116 Å². The highest BCUT2D eigenvalue weighted by molar-refractivity contribution is 6.04. The number of rotatable bonds is 1. The van der Waals surface area contributed by atoms with Gasteiger partial charge in [-0.15, -0.1) is 0 Å². The van der Waals surface area contributed by atoms with E-state index in [0.717, 1.165) is 6.07 Å². The van der Waals surface area contributed by atoms with Crippen molar-refractivity contribution in [1.82, 2.24) is 0 Å². The molecule has 0 bridgehead atoms. The van der Waals surface area contributed by atoms with E-state index >= 15 is 0 Å². The lowest BCUT2D eigenvalue weighted by Gasteiger charge is -2.12. The minimum Gasteiger partial charge on any atom is -0.478 e. The van der Waals surface area contributed by atoms with Crippen molar-refractivity contribution < 1.29 is 38.8 Å². The largest absolute Gasteiger partial charge is 0.478 e. The van der Waals surface area contributed by atoms with Crippen molar-refractivity contribution in [3.8, 4) is 5.75 Å². The number of benzene rings is 1. The molecule has 8 nitrogen and oxygen atoms in total. The highest BCUT2D eigenvalue weighted by Gasteiger charge is 2.26. The first-order valence-electron chi connectivity index (χ1n) is 6.47. The number of aromatic carboxylic acids is 1. The van der Waals surface area contributed by atoms with Crippen molar-refractivity contribution in [2.45, 2.75) is 25.7 Å². The van der Waals surface area contributed by atoms with Crippen LogP contribution in [0.1, 0.15) is 46.4 Å². The maximum atomic E-state index is 11.9. The van der Waals surface area contributed by atoms with Gasteiger partial charge in [0.2, 0.25) is 0 Å². The van der Waals surface area contributed by atoms with Crippen LogP contribution < -0.4 is 4.74 Å². The molecule has 1 aliphatic rings. The van der Waals surface area contributed by atoms with Crippen LogP contribution >= 0.6 is 0 Å². The lowest BCUT2D eigenvalue weighted by molar-refractivity contribution is -0.234. The van der Waals surface area contributed by atoms with Gasteiger partial charge in [-0.2, -0.15) is 0 Å². The Bertz CT molecular complexity index is 634. The van der Waals surface area contributed by atoms with Gasteiger partial charge < -0.3 is 9.84 Å². The van der Waals surface area contributed by atoms with Gasteiger partial charge in [-0.25, -0.2) is 24.2 Å². The summed E-state index contributed by atoms with van der Waals surface area (Å²) < 4.78 is 5.01. The van der Waals surface area contributed by atoms with Crippen molar-refractivity contribution in [2.24, 2.45) is 0 Å². The van der Waals surface area contributed by atoms with Crippen LogP contribution in [0, 0.1) is 0 Å². The Kier molecular flexibility index (Phi) is 4.72. The summed E-state index contributed by atoms with van der Waals surface area (Å²) in [6.45, 7) is 0. The molecule has 1 heterocycles. The van der Waals surface area contributed by atoms with E-state index in [9.17, 15) is 19.2 Å². The Labute approximate surface area is 124 Å². The minimum absolute atomic E-state index is 0.0269. The Balaban J connectivity index is 2.43. The molecule has 1 aliphatic heterocycles. The molecule has 116 valence electrons. The van der Waals surface area contributed by atoms with Gasteiger partial charge in [0.25, 0.3) is 0 Å². The molecule has 0 amide bonds. The summed E-state index contributed by atoms with van der Waals surface area (Å²) >= 11 is 0. The fourth-order valence-electron chi connectivity index (χ4n) is 1.88. The molecule has 1 aromatic rings. The van der Waals surface area contributed by atoms with Gasteiger partial charge in [-0.1, -0.05) is 6.07 Å². The normalized spacial score (nSPS) is 16.3. The van der Waals surface area contributed by atoms with Crippen molar-refractivity contribution in [2.75, 3.05) is 0 Å². The lowest BCUT2D eigenvalue weighted by Crippen LogP contribution is -2.19. The number of carbonyl (C=O) groups excluding carboxylic acids is 3. The standard InChI is InChI=1S/C14H12O8/c15-10-6-1-2-7-11(16)21-22-14(19)12-8(13(17)18)4-3-5-9(12)20-10/h3-5H,1-2,6-7H2,(H,17,18). The van der Waals surface area contributed by atoms with E-state index in [1.54, 1.807) is 0 Å². The summed E-state index contributed by atoms with van der Waals surface area (Å²) in [5.41, 5.74) is -0.917. The summed E-state index contributed by atoms with van der Waals surface area (Å²) in [5.74, 6) is -4.31. The van der Waals surface area contributed by atoms with E-state index in [4.69, 9.17) is 9.84 Å². The molecule has 0 saturated carbocycles. The van der Waals surface area contributed by atoms with Crippen molar-refractivity contribution in [3.63, 3.8) is 0 Å². The number of carboxylic acids is 1. The third-order valence-corrected chi connectivity index (χ3v) is 2.91. The summed E-state index contributed by atoms with van der Waals surface area (Å²) in [5, 5.41) is 9.11. The zero-order valence-corrected chi connectivity index (χ0v) is 11.4. The Hall–Kier alpha value is -2.90. The first-order chi connectivity index (χ1) is 10.5. The third-order valence-electron chi connectivity index (χ3n) is 2.91. The van der Waals surface area contributed by atoms with Gasteiger partial charge in [0.05, 0.1) is 12.0 Å². The quantitative estimate of drug-likeness (QED) is 0.471. The average molecular weight is 308 g/mol. The summed E-state index contributed by atoms with van der Waals surface area (Å²) in [4.78, 5) is 54.8. The third kappa shape index (κ3) is 3.60. The molecule has 2 rings (SSSR count). The Morgan fingerprint density at radius 3 is 2.36 bits per heavy atom. The van der Waals surface area contributed by atoms with E-state index in [1.807, 2.05) is 0 Å². The molecule has 0 saturated heterocycles. The fraction of sp³-hybridized carbons (Fsp3) is 0.286. The highest BCUT2D eigenvalue weighted by atomic mass is 17.2. The molecule has 0 spiro atoms. The van der Waals surface area contributed by atoms with E-state index in [2.05, 4.69) is 9.78 Å². The number of carboxylic acid groups (broad SMARTS) is 1. The zero-order valence-electron chi connectivity index (χ0n) is 11.4. The van der Waals surface area contributed by atoms with Crippen LogP contribution in [-0.2, 0) is 19.4 Å². The van der Waals surface area contributed by atoms with Gasteiger partial charge in [0, 0.05) is 6.42 Å². The predicted molar refractivity (Wildman–Crippen MR) is 69.0 cm³/mol. The number of hydrogen-bond acceptors (Lipinski definition) is 7. The second-order valence-electron chi connectivity index (χ2n) is 4.49. The number of fused-ring (bicyclic) bond motifs is 1. The summed E-state index contributed by atoms with van der Waals surface area (Å²) in [7, 11) is 0. The predicted octanol–water partition coefficient (Wildman–Crippen LogP) is 1.48. The van der Waals surface area contributed by atoms with Crippen LogP contribution in [0.25, 0.3) is 0 Å². The first-order valence-corrected chi connectivity index (χ1v) is 6.47. The van der Waals surface area contributed by atoms with E-state index in [1.165, 1.54) is 12.1 Å². The summed E-state index contributed by atoms with van der Waals surface area (Å²) in [6, 6.07) is 3.72. The maximum Gasteiger partial charge on any atom is 0.390 e. The second kappa shape index (κ2) is 6.70. The van der Waals surface area contributed by atoms with Crippen LogP contribution in [-0.4, -0.2) is 29.0 Å². The molecule has 1 N–H and O–H groups in total. The molecular weight excluding hydrogens is 296 g/mol. The smallest absolute Gasteiger partial charge is 0.390 e. The molecule has 0 unspecified atom stereocenters. The van der Waals surface area contributed by atoms with Gasteiger partial charge in [-0.05, 0) is 25.0 Å². The second-order valence-corrected chi connectivity index (χ2v) is 4.49. The SMILES string of the molecule is O=C1CCCCC(=O)Oc2cccc(C(=O)O)c2C(=O)OO1. The van der Waals surface area contributed by atoms with Gasteiger partial charge in [0.1, 0.15) is 11.3 Å². The summed E-state index contributed by atoms with van der Waals surface area (Å²) in [6.07, 6.45) is 0.746. The minimum atomic E-state index is -1.41. The fourth-order valence-corrected chi connectivity index (χ4v) is 1.88. The van der Waals surface area contributed by atoms with E-state index < -0.39 is 35.0 Å². The van der Waals surface area contributed by atoms with Crippen LogP contribution in [0.2, 0.25) is 0 Å². The van der Waals surface area contributed by atoms with Crippen molar-refractivity contribution >= 4 is 23.9 Å². The van der Waals surface area contributed by atoms with Crippen molar-refractivity contribution in [3.05, 3.63) is 29.3 Å². The van der Waals surface area contributed by atoms with E-state index in [0.29, 0.717) is 12.8 Å². The molecule has 8 heteroatoms. The molecule has 1 aromatic carbocycles. The van der Waals surface area contributed by atoms with E-state index in [-0.39, 0.29) is 18.6 Å². The number of carbonyl (C=O) groups is 4. The number of esters is 1. The monoisotopic (exact) mass is 308 g/mol. The average Bonchev–Trinajstić information content (AvgIpc) is 2.48. The van der Waals surface area contributed by atoms with Crippen LogP contribution in [0.3, 0.4) is 0 Å². The maximum absolute atomic E-state index is 11.9. The molecule has 0 radical (unpaired) electrons. The Morgan fingerprint density at radius 1 is 1.00 bits per heavy atom. The van der Waals surface area contributed by atoms with Crippen LogP contribution in [0.15, 0.2) is 18.2 Å². The molecule has 0 aromatic heterocycles. The molecule has 22 heavy (non-hydrogen) atoms. The van der Waals surface area contributed by atoms with Gasteiger partial charge in [-0.3, -0.25) is 4.79 Å². The number of hydrogen-bond donors (Lipinski definition) is 1. The zero-order chi connectivity index (χ0) is 16.1.